The fourth-order valence-electron chi connectivity index (χ4n) is 4.23. The van der Waals surface area contributed by atoms with Crippen molar-refractivity contribution in [1.82, 2.24) is 5.32 Å². The SMILES string of the molecule is CCCCC(CC)COc1ccc(/N=C2\CC(C)(C)CC3=C2SCC(C(C)=O)N3)cc1. The number of nitrogens with zero attached hydrogens (tertiary/aromatic N) is 1. The van der Waals surface area contributed by atoms with Crippen LogP contribution in [0.25, 0.3) is 0 Å². The standard InChI is InChI=1S/C26H38N2O2S/c1-6-8-9-19(7-2)16-30-21-12-10-20(11-13-21)27-22-14-26(4,5)15-23-25(22)31-17-24(28-23)18(3)29/h10-13,19,24,28H,6-9,14-17H2,1-5H3/b27-22+. The Morgan fingerprint density at radius 1 is 1.26 bits per heavy atom. The van der Waals surface area contributed by atoms with Crippen molar-refractivity contribution < 1.29 is 9.53 Å². The molecule has 3 rings (SSSR count). The Balaban J connectivity index is 1.71. The molecule has 170 valence electrons. The lowest BCUT2D eigenvalue weighted by atomic mass is 9.78. The van der Waals surface area contributed by atoms with Crippen LogP contribution in [0.5, 0.6) is 5.75 Å². The molecule has 0 spiro atoms. The second kappa shape index (κ2) is 10.7. The molecule has 0 saturated heterocycles. The minimum absolute atomic E-state index is 0.0837. The predicted molar refractivity (Wildman–Crippen MR) is 132 cm³/mol. The van der Waals surface area contributed by atoms with Gasteiger partial charge in [0.2, 0.25) is 0 Å². The number of carbonyl (C=O) groups excluding carboxylic acids is 1. The minimum Gasteiger partial charge on any atom is -0.493 e. The lowest BCUT2D eigenvalue weighted by Gasteiger charge is -2.38. The highest BCUT2D eigenvalue weighted by molar-refractivity contribution is 8.04. The average molecular weight is 443 g/mol. The Bertz CT molecular complexity index is 826. The molecule has 0 saturated carbocycles. The average Bonchev–Trinajstić information content (AvgIpc) is 2.73. The number of rotatable bonds is 9. The summed E-state index contributed by atoms with van der Waals surface area (Å²) in [5.41, 5.74) is 3.40. The number of carbonyl (C=O) groups is 1. The normalized spacial score (nSPS) is 22.6. The second-order valence-corrected chi connectivity index (χ2v) is 10.8. The summed E-state index contributed by atoms with van der Waals surface area (Å²) in [6, 6.07) is 8.09. The van der Waals surface area contributed by atoms with Crippen LogP contribution in [0.1, 0.15) is 73.1 Å². The van der Waals surface area contributed by atoms with Crippen molar-refractivity contribution in [2.45, 2.75) is 79.2 Å². The Labute approximate surface area is 192 Å². The van der Waals surface area contributed by atoms with Crippen LogP contribution in [0, 0.1) is 11.3 Å². The van der Waals surface area contributed by atoms with Crippen molar-refractivity contribution in [3.8, 4) is 5.75 Å². The van der Waals surface area contributed by atoms with E-state index in [4.69, 9.17) is 9.73 Å². The van der Waals surface area contributed by atoms with E-state index in [9.17, 15) is 4.79 Å². The van der Waals surface area contributed by atoms with Gasteiger partial charge in [0.25, 0.3) is 0 Å². The van der Waals surface area contributed by atoms with Crippen LogP contribution in [0.2, 0.25) is 0 Å². The molecule has 0 amide bonds. The number of Topliss-reactive ketones (excluding diaryl/α,β-unsaturated/α-hetero) is 1. The van der Waals surface area contributed by atoms with Crippen molar-refractivity contribution in [3.05, 3.63) is 34.9 Å². The second-order valence-electron chi connectivity index (χ2n) is 9.72. The van der Waals surface area contributed by atoms with Gasteiger partial charge >= 0.3 is 0 Å². The largest absolute Gasteiger partial charge is 0.493 e. The van der Waals surface area contributed by atoms with Crippen molar-refractivity contribution in [3.63, 3.8) is 0 Å². The van der Waals surface area contributed by atoms with Gasteiger partial charge in [0.1, 0.15) is 5.75 Å². The number of hydrogen-bond acceptors (Lipinski definition) is 5. The molecule has 31 heavy (non-hydrogen) atoms. The summed E-state index contributed by atoms with van der Waals surface area (Å²) in [7, 11) is 0. The number of ether oxygens (including phenoxy) is 1. The number of ketones is 1. The molecule has 0 bridgehead atoms. The van der Waals surface area contributed by atoms with Gasteiger partial charge in [-0.15, -0.1) is 11.8 Å². The van der Waals surface area contributed by atoms with Gasteiger partial charge in [0, 0.05) is 16.4 Å². The highest BCUT2D eigenvalue weighted by Gasteiger charge is 2.36. The van der Waals surface area contributed by atoms with Crippen LogP contribution >= 0.6 is 11.8 Å². The molecule has 2 unspecified atom stereocenters. The molecule has 1 aromatic carbocycles. The number of aliphatic imine (C=N–C) groups is 1. The number of benzene rings is 1. The molecule has 0 radical (unpaired) electrons. The quantitative estimate of drug-likeness (QED) is 0.463. The van der Waals surface area contributed by atoms with Crippen LogP contribution in [0.4, 0.5) is 5.69 Å². The third-order valence-electron chi connectivity index (χ3n) is 6.20. The van der Waals surface area contributed by atoms with E-state index in [0.29, 0.717) is 5.92 Å². The number of unbranched alkanes of at least 4 members (excludes halogenated alkanes) is 1. The minimum atomic E-state index is -0.0837. The first kappa shape index (κ1) is 23.9. The molecular weight excluding hydrogens is 404 g/mol. The molecule has 1 N–H and O–H groups in total. The van der Waals surface area contributed by atoms with Crippen molar-refractivity contribution in [1.29, 1.82) is 0 Å². The molecule has 2 aliphatic rings. The number of allylic oxidation sites excluding steroid dienone is 2. The summed E-state index contributed by atoms with van der Waals surface area (Å²) in [4.78, 5) is 18.1. The van der Waals surface area contributed by atoms with E-state index < -0.39 is 0 Å². The number of thioether (sulfide) groups is 1. The third kappa shape index (κ3) is 6.61. The lowest BCUT2D eigenvalue weighted by molar-refractivity contribution is -0.118. The zero-order valence-electron chi connectivity index (χ0n) is 19.8. The fraction of sp³-hybridized carbons (Fsp3) is 0.615. The third-order valence-corrected chi connectivity index (χ3v) is 7.47. The molecule has 1 aliphatic heterocycles. The van der Waals surface area contributed by atoms with Crippen LogP contribution in [0.15, 0.2) is 39.9 Å². The summed E-state index contributed by atoms with van der Waals surface area (Å²) < 4.78 is 6.05. The van der Waals surface area contributed by atoms with E-state index in [2.05, 4.69) is 45.1 Å². The highest BCUT2D eigenvalue weighted by atomic mass is 32.2. The van der Waals surface area contributed by atoms with E-state index >= 15 is 0 Å². The molecule has 0 fully saturated rings. The van der Waals surface area contributed by atoms with Crippen LogP contribution in [-0.2, 0) is 4.79 Å². The van der Waals surface area contributed by atoms with Gasteiger partial charge in [-0.25, -0.2) is 0 Å². The zero-order chi connectivity index (χ0) is 22.4. The number of nitrogens with one attached hydrogen (secondary N) is 1. The maximum atomic E-state index is 11.9. The number of hydrogen-bond donors (Lipinski definition) is 1. The van der Waals surface area contributed by atoms with Gasteiger partial charge in [0.05, 0.1) is 24.0 Å². The maximum Gasteiger partial charge on any atom is 0.152 e. The van der Waals surface area contributed by atoms with Gasteiger partial charge in [-0.05, 0) is 61.8 Å². The monoisotopic (exact) mass is 442 g/mol. The van der Waals surface area contributed by atoms with E-state index in [-0.39, 0.29) is 17.2 Å². The first-order valence-corrected chi connectivity index (χ1v) is 12.7. The van der Waals surface area contributed by atoms with E-state index in [1.807, 2.05) is 12.1 Å². The Morgan fingerprint density at radius 3 is 2.65 bits per heavy atom. The fourth-order valence-corrected chi connectivity index (χ4v) is 5.47. The first-order chi connectivity index (χ1) is 14.8. The van der Waals surface area contributed by atoms with Crippen LogP contribution in [0.3, 0.4) is 0 Å². The van der Waals surface area contributed by atoms with Crippen LogP contribution in [-0.4, -0.2) is 29.9 Å². The van der Waals surface area contributed by atoms with E-state index in [0.717, 1.165) is 48.8 Å². The predicted octanol–water partition coefficient (Wildman–Crippen LogP) is 6.68. The Hall–Kier alpha value is -1.75. The molecule has 1 heterocycles. The summed E-state index contributed by atoms with van der Waals surface area (Å²) in [5.74, 6) is 2.53. The maximum absolute atomic E-state index is 11.9. The zero-order valence-corrected chi connectivity index (χ0v) is 20.6. The van der Waals surface area contributed by atoms with Gasteiger partial charge < -0.3 is 10.1 Å². The molecular formula is C26H38N2O2S. The van der Waals surface area contributed by atoms with E-state index in [1.165, 1.54) is 29.9 Å². The Kier molecular flexibility index (Phi) is 8.26. The lowest BCUT2D eigenvalue weighted by Crippen LogP contribution is -2.44. The van der Waals surface area contributed by atoms with Crippen LogP contribution < -0.4 is 10.1 Å². The van der Waals surface area contributed by atoms with Crippen molar-refractivity contribution in [2.24, 2.45) is 16.3 Å². The summed E-state index contributed by atoms with van der Waals surface area (Å²) in [6.07, 6.45) is 6.81. The molecule has 0 aromatic heterocycles. The molecule has 5 heteroatoms. The van der Waals surface area contributed by atoms with Crippen molar-refractivity contribution in [2.75, 3.05) is 12.4 Å². The van der Waals surface area contributed by atoms with Crippen molar-refractivity contribution >= 4 is 28.9 Å². The van der Waals surface area contributed by atoms with Gasteiger partial charge in [-0.1, -0.05) is 47.0 Å². The molecule has 4 nitrogen and oxygen atoms in total. The Morgan fingerprint density at radius 2 is 2.00 bits per heavy atom. The molecule has 1 aliphatic carbocycles. The highest BCUT2D eigenvalue weighted by Crippen LogP contribution is 2.43. The summed E-state index contributed by atoms with van der Waals surface area (Å²) >= 11 is 1.78. The smallest absolute Gasteiger partial charge is 0.152 e. The van der Waals surface area contributed by atoms with Gasteiger partial charge in [0.15, 0.2) is 5.78 Å². The summed E-state index contributed by atoms with van der Waals surface area (Å²) in [6.45, 7) is 11.5. The van der Waals surface area contributed by atoms with E-state index in [1.54, 1.807) is 18.7 Å². The van der Waals surface area contributed by atoms with Gasteiger partial charge in [-0.2, -0.15) is 0 Å². The molecule has 1 aromatic rings. The first-order valence-electron chi connectivity index (χ1n) is 11.7. The topological polar surface area (TPSA) is 50.7 Å². The van der Waals surface area contributed by atoms with Gasteiger partial charge in [-0.3, -0.25) is 9.79 Å². The molecule has 2 atom stereocenters. The summed E-state index contributed by atoms with van der Waals surface area (Å²) in [5, 5.41) is 3.49.